The number of benzene rings is 1. The van der Waals surface area contributed by atoms with E-state index in [0.29, 0.717) is 6.42 Å². The molecule has 1 aliphatic rings. The maximum atomic E-state index is 12.7. The Hall–Kier alpha value is -2.37. The van der Waals surface area contributed by atoms with Gasteiger partial charge in [0.2, 0.25) is 5.91 Å². The summed E-state index contributed by atoms with van der Waals surface area (Å²) in [5.74, 6) is -2.21. The van der Waals surface area contributed by atoms with Gasteiger partial charge in [0, 0.05) is 6.54 Å². The van der Waals surface area contributed by atoms with Crippen LogP contribution in [0.15, 0.2) is 30.3 Å². The lowest BCUT2D eigenvalue weighted by atomic mass is 9.89. The Labute approximate surface area is 141 Å². The fourth-order valence-corrected chi connectivity index (χ4v) is 2.76. The third-order valence-corrected chi connectivity index (χ3v) is 3.86. The van der Waals surface area contributed by atoms with Crippen LogP contribution in [0.2, 0.25) is 0 Å². The Balaban J connectivity index is 2.21. The Morgan fingerprint density at radius 2 is 1.83 bits per heavy atom. The molecule has 0 bridgehead atoms. The Morgan fingerprint density at radius 3 is 2.38 bits per heavy atom. The maximum Gasteiger partial charge on any atom is 0.417 e. The van der Waals surface area contributed by atoms with Gasteiger partial charge in [-0.3, -0.25) is 9.59 Å². The number of methoxy groups -OCH3 is 1. The zero-order valence-electron chi connectivity index (χ0n) is 14.4. The number of amides is 2. The van der Waals surface area contributed by atoms with Crippen molar-refractivity contribution in [2.45, 2.75) is 32.8 Å². The molecule has 0 N–H and O–H groups in total. The molecule has 1 saturated heterocycles. The molecule has 2 amide bonds. The van der Waals surface area contributed by atoms with Crippen LogP contribution < -0.4 is 0 Å². The normalized spacial score (nSPS) is 20.8. The van der Waals surface area contributed by atoms with E-state index >= 15 is 0 Å². The highest BCUT2D eigenvalue weighted by atomic mass is 16.6. The van der Waals surface area contributed by atoms with E-state index in [2.05, 4.69) is 0 Å². The van der Waals surface area contributed by atoms with E-state index in [1.807, 2.05) is 30.3 Å². The molecule has 130 valence electrons. The van der Waals surface area contributed by atoms with Crippen LogP contribution in [0.1, 0.15) is 26.3 Å². The monoisotopic (exact) mass is 333 g/mol. The molecule has 1 aromatic rings. The molecule has 0 unspecified atom stereocenters. The predicted octanol–water partition coefficient (Wildman–Crippen LogP) is 2.41. The zero-order valence-corrected chi connectivity index (χ0v) is 14.4. The Kier molecular flexibility index (Phi) is 5.26. The molecule has 24 heavy (non-hydrogen) atoms. The fourth-order valence-electron chi connectivity index (χ4n) is 2.76. The van der Waals surface area contributed by atoms with E-state index in [9.17, 15) is 14.4 Å². The summed E-state index contributed by atoms with van der Waals surface area (Å²) in [6.45, 7) is 5.16. The molecule has 0 radical (unpaired) electrons. The average molecular weight is 333 g/mol. The fraction of sp³-hybridized carbons (Fsp3) is 0.500. The minimum absolute atomic E-state index is 0.0160. The molecular formula is C18H23NO5. The van der Waals surface area contributed by atoms with Gasteiger partial charge in [0.05, 0.1) is 18.9 Å². The van der Waals surface area contributed by atoms with Crippen LogP contribution in [0.25, 0.3) is 0 Å². The number of ether oxygens (including phenoxy) is 2. The SMILES string of the molecule is COC(=O)[C@H]1CN(C(=O)OC(C)(C)C)C(=O)[C@@H]1Cc1ccccc1. The van der Waals surface area contributed by atoms with Gasteiger partial charge in [-0.1, -0.05) is 30.3 Å². The van der Waals surface area contributed by atoms with E-state index in [0.717, 1.165) is 10.5 Å². The highest BCUT2D eigenvalue weighted by molar-refractivity contribution is 5.98. The molecule has 6 nitrogen and oxygen atoms in total. The van der Waals surface area contributed by atoms with E-state index in [-0.39, 0.29) is 6.54 Å². The van der Waals surface area contributed by atoms with Crippen molar-refractivity contribution in [2.24, 2.45) is 11.8 Å². The number of hydrogen-bond acceptors (Lipinski definition) is 5. The Morgan fingerprint density at radius 1 is 1.21 bits per heavy atom. The summed E-state index contributed by atoms with van der Waals surface area (Å²) in [5.41, 5.74) is 0.214. The van der Waals surface area contributed by atoms with Crippen LogP contribution in [-0.2, 0) is 25.5 Å². The highest BCUT2D eigenvalue weighted by Gasteiger charge is 2.48. The topological polar surface area (TPSA) is 72.9 Å². The lowest BCUT2D eigenvalue weighted by Crippen LogP contribution is -2.38. The van der Waals surface area contributed by atoms with Gasteiger partial charge < -0.3 is 9.47 Å². The molecule has 6 heteroatoms. The molecule has 0 saturated carbocycles. The number of rotatable bonds is 3. The second kappa shape index (κ2) is 7.03. The van der Waals surface area contributed by atoms with Crippen LogP contribution >= 0.6 is 0 Å². The summed E-state index contributed by atoms with van der Waals surface area (Å²) in [6.07, 6.45) is -0.351. The first-order chi connectivity index (χ1) is 11.2. The van der Waals surface area contributed by atoms with Crippen LogP contribution in [0.4, 0.5) is 4.79 Å². The molecule has 0 aromatic heterocycles. The van der Waals surface area contributed by atoms with Crippen molar-refractivity contribution in [3.63, 3.8) is 0 Å². The van der Waals surface area contributed by atoms with E-state index < -0.39 is 35.4 Å². The number of carbonyl (C=O) groups is 3. The van der Waals surface area contributed by atoms with Crippen molar-refractivity contribution in [2.75, 3.05) is 13.7 Å². The summed E-state index contributed by atoms with van der Waals surface area (Å²) >= 11 is 0. The first kappa shape index (κ1) is 18.0. The lowest BCUT2D eigenvalue weighted by molar-refractivity contribution is -0.147. The molecule has 2 atom stereocenters. The third kappa shape index (κ3) is 4.13. The number of hydrogen-bond donors (Lipinski definition) is 0. The van der Waals surface area contributed by atoms with Gasteiger partial charge >= 0.3 is 12.1 Å². The second-order valence-corrected chi connectivity index (χ2v) is 6.86. The van der Waals surface area contributed by atoms with E-state index in [4.69, 9.17) is 9.47 Å². The highest BCUT2D eigenvalue weighted by Crippen LogP contribution is 2.30. The van der Waals surface area contributed by atoms with Gasteiger partial charge in [0.25, 0.3) is 0 Å². The largest absolute Gasteiger partial charge is 0.469 e. The second-order valence-electron chi connectivity index (χ2n) is 6.86. The summed E-state index contributed by atoms with van der Waals surface area (Å²) in [4.78, 5) is 38.0. The van der Waals surface area contributed by atoms with Crippen LogP contribution in [-0.4, -0.2) is 42.1 Å². The number of imide groups is 1. The summed E-state index contributed by atoms with van der Waals surface area (Å²) in [6, 6.07) is 9.39. The van der Waals surface area contributed by atoms with Crippen LogP contribution in [0.3, 0.4) is 0 Å². The van der Waals surface area contributed by atoms with Gasteiger partial charge in [-0.05, 0) is 32.8 Å². The minimum Gasteiger partial charge on any atom is -0.469 e. The van der Waals surface area contributed by atoms with Crippen molar-refractivity contribution in [3.8, 4) is 0 Å². The van der Waals surface area contributed by atoms with Gasteiger partial charge in [0.1, 0.15) is 5.60 Å². The summed E-state index contributed by atoms with van der Waals surface area (Å²) < 4.78 is 10.1. The third-order valence-electron chi connectivity index (χ3n) is 3.86. The first-order valence-corrected chi connectivity index (χ1v) is 7.89. The maximum absolute atomic E-state index is 12.7. The standard InChI is InChI=1S/C18H23NO5/c1-18(2,3)24-17(22)19-11-14(16(21)23-4)13(15(19)20)10-12-8-6-5-7-9-12/h5-9,13-14H,10-11H2,1-4H3/t13-,14+/m1/s1. The van der Waals surface area contributed by atoms with Crippen molar-refractivity contribution < 1.29 is 23.9 Å². The number of likely N-dealkylation sites (tertiary alicyclic amines) is 1. The van der Waals surface area contributed by atoms with Crippen molar-refractivity contribution >= 4 is 18.0 Å². The number of nitrogens with zero attached hydrogens (tertiary/aromatic N) is 1. The number of carbonyl (C=O) groups excluding carboxylic acids is 3. The Bertz CT molecular complexity index is 620. The number of esters is 1. The molecule has 1 aliphatic heterocycles. The summed E-state index contributed by atoms with van der Waals surface area (Å²) in [5, 5.41) is 0. The molecule has 1 heterocycles. The molecule has 0 aliphatic carbocycles. The predicted molar refractivity (Wildman–Crippen MR) is 87.1 cm³/mol. The molecule has 1 fully saturated rings. The van der Waals surface area contributed by atoms with Crippen molar-refractivity contribution in [1.82, 2.24) is 4.90 Å². The molecule has 0 spiro atoms. The van der Waals surface area contributed by atoms with Crippen molar-refractivity contribution in [1.29, 1.82) is 0 Å². The minimum atomic E-state index is -0.725. The van der Waals surface area contributed by atoms with Gasteiger partial charge in [-0.15, -0.1) is 0 Å². The van der Waals surface area contributed by atoms with Gasteiger partial charge in [-0.2, -0.15) is 0 Å². The molecule has 2 rings (SSSR count). The van der Waals surface area contributed by atoms with Crippen molar-refractivity contribution in [3.05, 3.63) is 35.9 Å². The van der Waals surface area contributed by atoms with Gasteiger partial charge in [0.15, 0.2) is 0 Å². The quantitative estimate of drug-likeness (QED) is 0.794. The van der Waals surface area contributed by atoms with E-state index in [1.54, 1.807) is 20.8 Å². The molecular weight excluding hydrogens is 310 g/mol. The van der Waals surface area contributed by atoms with Gasteiger partial charge in [-0.25, -0.2) is 9.69 Å². The molecule has 1 aromatic carbocycles. The first-order valence-electron chi connectivity index (χ1n) is 7.89. The van der Waals surface area contributed by atoms with E-state index in [1.165, 1.54) is 7.11 Å². The summed E-state index contributed by atoms with van der Waals surface area (Å²) in [7, 11) is 1.28. The zero-order chi connectivity index (χ0) is 17.9. The smallest absolute Gasteiger partial charge is 0.417 e. The lowest BCUT2D eigenvalue weighted by Gasteiger charge is -2.23. The average Bonchev–Trinajstić information content (AvgIpc) is 2.83. The van der Waals surface area contributed by atoms with Crippen LogP contribution in [0.5, 0.6) is 0 Å². The van der Waals surface area contributed by atoms with Crippen LogP contribution in [0, 0.1) is 11.8 Å².